The minimum absolute atomic E-state index is 0. The van der Waals surface area contributed by atoms with Crippen LogP contribution in [-0.2, 0) is 0 Å². The van der Waals surface area contributed by atoms with Crippen molar-refractivity contribution in [3.8, 4) is 0 Å². The topological polar surface area (TPSA) is 0 Å². The summed E-state index contributed by atoms with van der Waals surface area (Å²) in [6.45, 7) is 0. The Morgan fingerprint density at radius 3 is 1.20 bits per heavy atom. The van der Waals surface area contributed by atoms with E-state index in [1.54, 1.807) is 0 Å². The summed E-state index contributed by atoms with van der Waals surface area (Å²) in [6, 6.07) is 0. The molecule has 0 aromatic carbocycles. The van der Waals surface area contributed by atoms with E-state index in [9.17, 15) is 0 Å². The molecular weight excluding hydrogens is 141 g/mol. The van der Waals surface area contributed by atoms with Gasteiger partial charge in [0.05, 0.1) is 8.41 Å². The van der Waals surface area contributed by atoms with Crippen LogP contribution < -0.4 is 0 Å². The van der Waals surface area contributed by atoms with E-state index in [0.717, 1.165) is 0 Å². The monoisotopic (exact) mass is 148 g/mol. The van der Waals surface area contributed by atoms with E-state index in [2.05, 4.69) is 0 Å². The molecule has 0 heterocycles. The lowest BCUT2D eigenvalue weighted by Crippen LogP contribution is -1.36. The van der Waals surface area contributed by atoms with Gasteiger partial charge in [0.1, 0.15) is 0 Å². The smallest absolute Gasteiger partial charge is 0.155 e. The minimum atomic E-state index is -0.639. The Morgan fingerprint density at radius 1 is 1.20 bits per heavy atom. The van der Waals surface area contributed by atoms with Crippen molar-refractivity contribution in [1.29, 1.82) is 0 Å². The van der Waals surface area contributed by atoms with E-state index in [1.807, 2.05) is 0 Å². The van der Waals surface area contributed by atoms with Crippen molar-refractivity contribution in [1.82, 2.24) is 0 Å². The Kier molecular flexibility index (Phi) is 60.3. The van der Waals surface area contributed by atoms with Crippen LogP contribution in [0, 0.1) is 0 Å². The lowest BCUT2D eigenvalue weighted by atomic mass is 10.8. The molecule has 0 aliphatic carbocycles. The summed E-state index contributed by atoms with van der Waals surface area (Å²) < 4.78 is 0. The van der Waals surface area contributed by atoms with Gasteiger partial charge in [-0.3, -0.25) is 0 Å². The van der Waals surface area contributed by atoms with Crippen LogP contribution in [0.2, 0.25) is 0 Å². The minimum Gasteiger partial charge on any atom is -0.155 e. The van der Waals surface area contributed by atoms with Gasteiger partial charge in [0.2, 0.25) is 8.14 Å². The maximum Gasteiger partial charge on any atom is 0.222 e. The molecule has 0 aliphatic heterocycles. The molecule has 0 rings (SSSR count). The first kappa shape index (κ1) is 16.3. The maximum absolute atomic E-state index is 4.90. The Bertz CT molecular complexity index is 9.61. The molecular formula is H8BCl2PSi. The molecule has 0 spiro atoms. The van der Waals surface area contributed by atoms with E-state index in [0.29, 0.717) is 0 Å². The second-order valence-electron chi connectivity index (χ2n) is 0.101. The van der Waals surface area contributed by atoms with E-state index < -0.39 is 8.14 Å². The number of hydrogen-bond acceptors (Lipinski definition) is 0. The number of halogens is 2. The predicted molar refractivity (Wildman–Crippen MR) is 41.3 cm³/mol. The zero-order valence-electron chi connectivity index (χ0n) is 2.17. The van der Waals surface area contributed by atoms with Crippen molar-refractivity contribution < 1.29 is 0 Å². The molecule has 0 radical (unpaired) electrons. The van der Waals surface area contributed by atoms with Crippen LogP contribution in [0.4, 0.5) is 0 Å². The average Bonchev–Trinajstić information content (AvgIpc) is 0.918. The molecule has 0 nitrogen and oxygen atoms in total. The summed E-state index contributed by atoms with van der Waals surface area (Å²) in [4.78, 5) is 0. The van der Waals surface area contributed by atoms with Crippen LogP contribution in [0.5, 0.6) is 0 Å². The van der Waals surface area contributed by atoms with Crippen LogP contribution in [0.3, 0.4) is 0 Å². The Morgan fingerprint density at radius 2 is 1.20 bits per heavy atom. The van der Waals surface area contributed by atoms with E-state index in [-0.39, 0.29) is 18.3 Å². The molecule has 0 aromatic heterocycles. The second kappa shape index (κ2) is 18.6. The normalized spacial score (nSPS) is 3.60. The van der Waals surface area contributed by atoms with Crippen molar-refractivity contribution in [2.45, 2.75) is 0 Å². The standard InChI is InChI=1S/BH3.Cl2H2Si.H3P/c;1-3-2;/h1H3;3H2;1H3. The number of rotatable bonds is 0. The summed E-state index contributed by atoms with van der Waals surface area (Å²) in [5.74, 6) is 0. The molecule has 0 N–H and O–H groups in total. The highest BCUT2D eigenvalue weighted by atomic mass is 35.7. The van der Waals surface area contributed by atoms with Gasteiger partial charge in [-0.1, -0.05) is 0 Å². The molecule has 0 aromatic rings. The summed E-state index contributed by atoms with van der Waals surface area (Å²) in [7, 11) is -0.639. The third kappa shape index (κ3) is 34.4. The molecule has 5 heteroatoms. The first-order valence-corrected chi connectivity index (χ1v) is 4.81. The summed E-state index contributed by atoms with van der Waals surface area (Å²) in [5, 5.41) is 0. The molecule has 0 fully saturated rings. The average molecular weight is 149 g/mol. The van der Waals surface area contributed by atoms with Gasteiger partial charge < -0.3 is 0 Å². The Hall–Kier alpha value is 1.29. The highest BCUT2D eigenvalue weighted by molar-refractivity contribution is 7.22. The number of hydrogen-bond donors (Lipinski definition) is 0. The summed E-state index contributed by atoms with van der Waals surface area (Å²) in [5.41, 5.74) is 0. The fourth-order valence-corrected chi connectivity index (χ4v) is 0. The van der Waals surface area contributed by atoms with Crippen LogP contribution in [0.15, 0.2) is 0 Å². The highest BCUT2D eigenvalue weighted by Gasteiger charge is 1.46. The van der Waals surface area contributed by atoms with E-state index in [1.165, 1.54) is 0 Å². The van der Waals surface area contributed by atoms with Gasteiger partial charge in [0, 0.05) is 0 Å². The SMILES string of the molecule is B.Cl[SiH2]Cl.P. The largest absolute Gasteiger partial charge is 0.222 e. The van der Waals surface area contributed by atoms with Crippen molar-refractivity contribution in [3.63, 3.8) is 0 Å². The second-order valence-corrected chi connectivity index (χ2v) is 2.73. The molecule has 0 saturated carbocycles. The summed E-state index contributed by atoms with van der Waals surface area (Å²) >= 11 is 9.81. The zero-order valence-corrected chi connectivity index (χ0v) is 6.51. The Labute approximate surface area is 49.0 Å². The first-order valence-electron chi connectivity index (χ1n) is 0.535. The zero-order chi connectivity index (χ0) is 2.71. The molecule has 0 bridgehead atoms. The van der Waals surface area contributed by atoms with E-state index in [4.69, 9.17) is 22.2 Å². The van der Waals surface area contributed by atoms with Crippen LogP contribution in [-0.4, -0.2) is 16.6 Å². The molecule has 0 saturated heterocycles. The van der Waals surface area contributed by atoms with Crippen molar-refractivity contribution in [2.75, 3.05) is 0 Å². The summed E-state index contributed by atoms with van der Waals surface area (Å²) in [6.07, 6.45) is 0. The fraction of sp³-hybridized carbons (Fsp3) is 0. The molecule has 0 amide bonds. The van der Waals surface area contributed by atoms with E-state index >= 15 is 0 Å². The molecule has 1 unspecified atom stereocenters. The molecule has 34 valence electrons. The lowest BCUT2D eigenvalue weighted by Gasteiger charge is -1.39. The lowest BCUT2D eigenvalue weighted by molar-refractivity contribution is 4.39. The first-order chi connectivity index (χ1) is 1.41. The van der Waals surface area contributed by atoms with Crippen LogP contribution >= 0.6 is 32.1 Å². The third-order valence-electron chi connectivity index (χ3n) is 0. The molecule has 5 heavy (non-hydrogen) atoms. The van der Waals surface area contributed by atoms with Gasteiger partial charge in [-0.05, 0) is 0 Å². The fourth-order valence-electron chi connectivity index (χ4n) is 0. The Balaban J connectivity index is -0.0000000200. The molecule has 0 aliphatic rings. The van der Waals surface area contributed by atoms with Gasteiger partial charge in [-0.15, -0.1) is 0 Å². The van der Waals surface area contributed by atoms with Gasteiger partial charge in [0.15, 0.2) is 0 Å². The quantitative estimate of drug-likeness (QED) is 0.243. The molecule has 1 atom stereocenters. The third-order valence-corrected chi connectivity index (χ3v) is 0. The maximum atomic E-state index is 4.90. The van der Waals surface area contributed by atoms with Crippen molar-refractivity contribution >= 4 is 48.6 Å². The van der Waals surface area contributed by atoms with Crippen molar-refractivity contribution in [2.24, 2.45) is 0 Å². The van der Waals surface area contributed by atoms with Gasteiger partial charge in [-0.25, -0.2) is 0 Å². The van der Waals surface area contributed by atoms with Gasteiger partial charge in [-0.2, -0.15) is 32.1 Å². The van der Waals surface area contributed by atoms with Gasteiger partial charge in [0.25, 0.3) is 0 Å². The van der Waals surface area contributed by atoms with Gasteiger partial charge >= 0.3 is 0 Å². The predicted octanol–water partition coefficient (Wildman–Crippen LogP) is -0.663. The van der Waals surface area contributed by atoms with Crippen molar-refractivity contribution in [3.05, 3.63) is 0 Å². The van der Waals surface area contributed by atoms with Crippen LogP contribution in [0.25, 0.3) is 0 Å². The van der Waals surface area contributed by atoms with Crippen LogP contribution in [0.1, 0.15) is 0 Å². The highest BCUT2D eigenvalue weighted by Crippen LogP contribution is 1.67.